The summed E-state index contributed by atoms with van der Waals surface area (Å²) in [7, 11) is 4.91. The van der Waals surface area contributed by atoms with E-state index >= 15 is 0 Å². The molecule has 0 unspecified atom stereocenters. The SMILES string of the molecule is COc1ccc(C(=O)Nc2cc(C(F)(F)F)ccc2N2CCN(C)CC2)cc1OC. The number of nitrogens with one attached hydrogen (secondary N) is 1. The summed E-state index contributed by atoms with van der Waals surface area (Å²) in [5.74, 6) is 0.269. The molecule has 1 aliphatic heterocycles. The third-order valence-corrected chi connectivity index (χ3v) is 5.06. The molecular formula is C21H24F3N3O3. The molecule has 162 valence electrons. The van der Waals surface area contributed by atoms with E-state index < -0.39 is 17.6 Å². The summed E-state index contributed by atoms with van der Waals surface area (Å²) in [6.45, 7) is 2.87. The molecule has 3 rings (SSSR count). The van der Waals surface area contributed by atoms with Crippen molar-refractivity contribution >= 4 is 17.3 Å². The molecule has 30 heavy (non-hydrogen) atoms. The molecule has 0 aliphatic carbocycles. The zero-order chi connectivity index (χ0) is 21.9. The minimum Gasteiger partial charge on any atom is -0.493 e. The highest BCUT2D eigenvalue weighted by atomic mass is 19.4. The average molecular weight is 423 g/mol. The number of benzene rings is 2. The van der Waals surface area contributed by atoms with Crippen molar-refractivity contribution in [1.29, 1.82) is 0 Å². The first-order valence-electron chi connectivity index (χ1n) is 9.41. The Kier molecular flexibility index (Phi) is 6.40. The number of ether oxygens (including phenoxy) is 2. The Balaban J connectivity index is 1.93. The lowest BCUT2D eigenvalue weighted by atomic mass is 10.1. The normalized spacial score (nSPS) is 15.1. The number of amides is 1. The van der Waals surface area contributed by atoms with Gasteiger partial charge in [0.05, 0.1) is 31.2 Å². The van der Waals surface area contributed by atoms with Crippen molar-refractivity contribution in [1.82, 2.24) is 4.90 Å². The highest BCUT2D eigenvalue weighted by molar-refractivity contribution is 6.06. The standard InChI is InChI=1S/C21H24F3N3O3/c1-26-8-10-27(11-9-26)17-6-5-15(21(22,23)24)13-16(17)25-20(28)14-4-7-18(29-2)19(12-14)30-3/h4-7,12-13H,8-11H2,1-3H3,(H,25,28). The predicted octanol–water partition coefficient (Wildman–Crippen LogP) is 3.73. The number of nitrogens with zero attached hydrogens (tertiary/aromatic N) is 2. The van der Waals surface area contributed by atoms with Crippen molar-refractivity contribution < 1.29 is 27.4 Å². The molecule has 0 spiro atoms. The van der Waals surface area contributed by atoms with Gasteiger partial charge in [-0.1, -0.05) is 0 Å². The van der Waals surface area contributed by atoms with Crippen LogP contribution < -0.4 is 19.7 Å². The van der Waals surface area contributed by atoms with Gasteiger partial charge in [-0.15, -0.1) is 0 Å². The molecule has 1 N–H and O–H groups in total. The van der Waals surface area contributed by atoms with Crippen LogP contribution in [0.15, 0.2) is 36.4 Å². The lowest BCUT2D eigenvalue weighted by Gasteiger charge is -2.35. The molecule has 0 radical (unpaired) electrons. The van der Waals surface area contributed by atoms with Crippen molar-refractivity contribution in [2.75, 3.05) is 57.7 Å². The van der Waals surface area contributed by atoms with E-state index in [1.165, 1.54) is 32.4 Å². The number of carbonyl (C=O) groups is 1. The fraction of sp³-hybridized carbons (Fsp3) is 0.381. The highest BCUT2D eigenvalue weighted by Crippen LogP contribution is 2.36. The van der Waals surface area contributed by atoms with E-state index in [4.69, 9.17) is 9.47 Å². The second-order valence-corrected chi connectivity index (χ2v) is 7.04. The molecule has 0 aromatic heterocycles. The number of alkyl halides is 3. The maximum Gasteiger partial charge on any atom is 0.416 e. The van der Waals surface area contributed by atoms with E-state index in [0.29, 0.717) is 30.3 Å². The summed E-state index contributed by atoms with van der Waals surface area (Å²) in [6, 6.07) is 8.02. The van der Waals surface area contributed by atoms with Crippen molar-refractivity contribution in [2.24, 2.45) is 0 Å². The maximum absolute atomic E-state index is 13.3. The van der Waals surface area contributed by atoms with Crippen LogP contribution in [0.3, 0.4) is 0 Å². The van der Waals surface area contributed by atoms with Crippen LogP contribution in [0.2, 0.25) is 0 Å². The van der Waals surface area contributed by atoms with Gasteiger partial charge in [0.1, 0.15) is 0 Å². The van der Waals surface area contributed by atoms with Gasteiger partial charge in [0.15, 0.2) is 11.5 Å². The quantitative estimate of drug-likeness (QED) is 0.795. The van der Waals surface area contributed by atoms with Crippen LogP contribution in [0.25, 0.3) is 0 Å². The Morgan fingerprint density at radius 1 is 0.967 bits per heavy atom. The second kappa shape index (κ2) is 8.83. The van der Waals surface area contributed by atoms with Crippen LogP contribution in [-0.4, -0.2) is 58.3 Å². The van der Waals surface area contributed by atoms with Gasteiger partial charge in [-0.3, -0.25) is 4.79 Å². The van der Waals surface area contributed by atoms with Gasteiger partial charge in [0.2, 0.25) is 0 Å². The van der Waals surface area contributed by atoms with Crippen LogP contribution >= 0.6 is 0 Å². The zero-order valence-corrected chi connectivity index (χ0v) is 17.0. The van der Waals surface area contributed by atoms with E-state index in [1.54, 1.807) is 6.07 Å². The fourth-order valence-electron chi connectivity index (χ4n) is 3.31. The van der Waals surface area contributed by atoms with E-state index in [-0.39, 0.29) is 11.3 Å². The Morgan fingerprint density at radius 2 is 1.63 bits per heavy atom. The number of hydrogen-bond donors (Lipinski definition) is 1. The smallest absolute Gasteiger partial charge is 0.416 e. The molecule has 9 heteroatoms. The fourth-order valence-corrected chi connectivity index (χ4v) is 3.31. The summed E-state index contributed by atoms with van der Waals surface area (Å²) in [4.78, 5) is 16.9. The van der Waals surface area contributed by atoms with E-state index in [0.717, 1.165) is 25.2 Å². The van der Waals surface area contributed by atoms with Crippen LogP contribution in [-0.2, 0) is 6.18 Å². The third kappa shape index (κ3) is 4.79. The van der Waals surface area contributed by atoms with Crippen molar-refractivity contribution in [3.63, 3.8) is 0 Å². The van der Waals surface area contributed by atoms with Gasteiger partial charge in [-0.05, 0) is 43.4 Å². The molecule has 2 aromatic carbocycles. The largest absolute Gasteiger partial charge is 0.493 e. The molecule has 0 bridgehead atoms. The number of anilines is 2. The van der Waals surface area contributed by atoms with Crippen LogP contribution in [0, 0.1) is 0 Å². The van der Waals surface area contributed by atoms with Crippen molar-refractivity contribution in [3.8, 4) is 11.5 Å². The number of methoxy groups -OCH3 is 2. The van der Waals surface area contributed by atoms with Crippen LogP contribution in [0.4, 0.5) is 24.5 Å². The van der Waals surface area contributed by atoms with Gasteiger partial charge in [-0.25, -0.2) is 0 Å². The maximum atomic E-state index is 13.3. The number of hydrogen-bond acceptors (Lipinski definition) is 5. The Hall–Kier alpha value is -2.94. The molecule has 2 aromatic rings. The number of carbonyl (C=O) groups excluding carboxylic acids is 1. The summed E-state index contributed by atoms with van der Waals surface area (Å²) < 4.78 is 50.2. The highest BCUT2D eigenvalue weighted by Gasteiger charge is 2.32. The molecule has 6 nitrogen and oxygen atoms in total. The molecule has 1 heterocycles. The molecule has 0 saturated carbocycles. The summed E-state index contributed by atoms with van der Waals surface area (Å²) in [5, 5.41) is 2.65. The summed E-state index contributed by atoms with van der Waals surface area (Å²) in [5.41, 5.74) is 0.108. The van der Waals surface area contributed by atoms with E-state index in [9.17, 15) is 18.0 Å². The first kappa shape index (κ1) is 21.8. The first-order chi connectivity index (χ1) is 14.2. The zero-order valence-electron chi connectivity index (χ0n) is 17.0. The van der Waals surface area contributed by atoms with E-state index in [1.807, 2.05) is 11.9 Å². The third-order valence-electron chi connectivity index (χ3n) is 5.06. The molecular weight excluding hydrogens is 399 g/mol. The van der Waals surface area contributed by atoms with Crippen molar-refractivity contribution in [3.05, 3.63) is 47.5 Å². The van der Waals surface area contributed by atoms with Crippen LogP contribution in [0.5, 0.6) is 11.5 Å². The molecule has 1 fully saturated rings. The summed E-state index contributed by atoms with van der Waals surface area (Å²) in [6.07, 6.45) is -4.51. The van der Waals surface area contributed by atoms with E-state index in [2.05, 4.69) is 10.2 Å². The molecule has 0 atom stereocenters. The minimum absolute atomic E-state index is 0.120. The number of likely N-dealkylation sites (N-methyl/N-ethyl adjacent to an activating group) is 1. The Labute approximate surface area is 173 Å². The molecule has 1 saturated heterocycles. The number of rotatable bonds is 5. The first-order valence-corrected chi connectivity index (χ1v) is 9.41. The number of piperazine rings is 1. The van der Waals surface area contributed by atoms with Gasteiger partial charge >= 0.3 is 6.18 Å². The Bertz CT molecular complexity index is 910. The number of halogens is 3. The topological polar surface area (TPSA) is 54.0 Å². The van der Waals surface area contributed by atoms with Crippen molar-refractivity contribution in [2.45, 2.75) is 6.18 Å². The monoisotopic (exact) mass is 423 g/mol. The van der Waals surface area contributed by atoms with Gasteiger partial charge in [0, 0.05) is 31.7 Å². The summed E-state index contributed by atoms with van der Waals surface area (Å²) >= 11 is 0. The Morgan fingerprint density at radius 3 is 2.23 bits per heavy atom. The lowest BCUT2D eigenvalue weighted by molar-refractivity contribution is -0.137. The average Bonchev–Trinajstić information content (AvgIpc) is 2.73. The van der Waals surface area contributed by atoms with Gasteiger partial charge in [-0.2, -0.15) is 13.2 Å². The lowest BCUT2D eigenvalue weighted by Crippen LogP contribution is -2.44. The molecule has 1 amide bonds. The van der Waals surface area contributed by atoms with Gasteiger partial charge in [0.25, 0.3) is 5.91 Å². The molecule has 1 aliphatic rings. The van der Waals surface area contributed by atoms with Gasteiger partial charge < -0.3 is 24.6 Å². The minimum atomic E-state index is -4.51. The predicted molar refractivity (Wildman–Crippen MR) is 109 cm³/mol. The second-order valence-electron chi connectivity index (χ2n) is 7.04. The van der Waals surface area contributed by atoms with Crippen LogP contribution in [0.1, 0.15) is 15.9 Å².